The van der Waals surface area contributed by atoms with E-state index < -0.39 is 17.7 Å². The zero-order chi connectivity index (χ0) is 26.3. The van der Waals surface area contributed by atoms with Crippen LogP contribution in [0.15, 0.2) is 76.9 Å². The van der Waals surface area contributed by atoms with Crippen molar-refractivity contribution in [1.82, 2.24) is 9.88 Å². The van der Waals surface area contributed by atoms with Crippen LogP contribution in [-0.4, -0.2) is 40.3 Å². The molecule has 1 fully saturated rings. The number of Topliss-reactive ketones (excluding diaryl/α,β-unsaturated/α-hetero) is 1. The number of halogens is 3. The summed E-state index contributed by atoms with van der Waals surface area (Å²) in [6.07, 6.45) is 2.34. The Hall–Kier alpha value is -3.26. The number of nitrogens with one attached hydrogen (secondary N) is 1. The molecule has 0 bridgehead atoms. The van der Waals surface area contributed by atoms with Gasteiger partial charge in [-0.15, -0.1) is 0 Å². The van der Waals surface area contributed by atoms with Gasteiger partial charge in [0, 0.05) is 43.7 Å². The van der Waals surface area contributed by atoms with Gasteiger partial charge in [-0.3, -0.25) is 9.59 Å². The molecule has 1 saturated heterocycles. The van der Waals surface area contributed by atoms with Gasteiger partial charge in [0.25, 0.3) is 11.7 Å². The van der Waals surface area contributed by atoms with E-state index in [0.717, 1.165) is 26.7 Å². The summed E-state index contributed by atoms with van der Waals surface area (Å²) < 4.78 is 6.17. The fraction of sp³-hybridized carbons (Fsp3) is 0.143. The Bertz CT molecular complexity index is 1560. The first-order chi connectivity index (χ1) is 17.8. The molecule has 1 aliphatic rings. The first kappa shape index (κ1) is 25.4. The minimum atomic E-state index is -0.881. The summed E-state index contributed by atoms with van der Waals surface area (Å²) in [4.78, 5) is 31.3. The molecule has 2 N–H and O–H groups in total. The normalized spacial score (nSPS) is 17.1. The van der Waals surface area contributed by atoms with Crippen LogP contribution in [0.1, 0.15) is 22.7 Å². The van der Waals surface area contributed by atoms with Crippen LogP contribution in [0, 0.1) is 0 Å². The molecular formula is C28H21BrCl2N2O4. The lowest BCUT2D eigenvalue weighted by Gasteiger charge is -2.26. The van der Waals surface area contributed by atoms with Crippen molar-refractivity contribution >= 4 is 67.5 Å². The zero-order valence-electron chi connectivity index (χ0n) is 19.6. The van der Waals surface area contributed by atoms with Crippen LogP contribution < -0.4 is 4.74 Å². The number of rotatable bonds is 6. The molecule has 0 radical (unpaired) electrons. The van der Waals surface area contributed by atoms with Crippen molar-refractivity contribution in [2.75, 3.05) is 13.7 Å². The highest BCUT2D eigenvalue weighted by molar-refractivity contribution is 9.10. The maximum atomic E-state index is 13.3. The van der Waals surface area contributed by atoms with Crippen LogP contribution in [0.5, 0.6) is 5.75 Å². The number of ketones is 1. The van der Waals surface area contributed by atoms with E-state index in [1.165, 1.54) is 4.90 Å². The molecule has 0 saturated carbocycles. The summed E-state index contributed by atoms with van der Waals surface area (Å²) in [5.74, 6) is -1.01. The van der Waals surface area contributed by atoms with Gasteiger partial charge in [0.1, 0.15) is 11.5 Å². The number of ether oxygens (including phenoxy) is 1. The van der Waals surface area contributed by atoms with Gasteiger partial charge in [-0.05, 0) is 60.0 Å². The maximum Gasteiger partial charge on any atom is 0.295 e. The second-order valence-electron chi connectivity index (χ2n) is 8.64. The standard InChI is InChI=1S/C28H21BrCl2N2O4/c1-37-19-7-9-23-21(13-19)16(14-32-23)10-11-33-25(20-8-6-18(30)12-22(20)31)24(27(35)28(33)36)26(34)15-2-4-17(29)5-3-15/h2-9,12-14,25,32,34H,10-11H2,1H3/b26-24-. The van der Waals surface area contributed by atoms with Gasteiger partial charge in [-0.1, -0.05) is 57.3 Å². The van der Waals surface area contributed by atoms with Crippen LogP contribution >= 0.6 is 39.1 Å². The summed E-state index contributed by atoms with van der Waals surface area (Å²) in [5, 5.41) is 12.9. The van der Waals surface area contributed by atoms with Crippen molar-refractivity contribution in [3.63, 3.8) is 0 Å². The van der Waals surface area contributed by atoms with Crippen LogP contribution in [0.3, 0.4) is 0 Å². The number of aliphatic hydroxyl groups excluding tert-OH is 1. The third-order valence-corrected chi connectivity index (χ3v) is 7.60. The Morgan fingerprint density at radius 1 is 1.08 bits per heavy atom. The van der Waals surface area contributed by atoms with Crippen molar-refractivity contribution in [2.24, 2.45) is 0 Å². The molecule has 37 heavy (non-hydrogen) atoms. The number of methoxy groups -OCH3 is 1. The van der Waals surface area contributed by atoms with E-state index in [-0.39, 0.29) is 17.9 Å². The Morgan fingerprint density at radius 2 is 1.84 bits per heavy atom. The topological polar surface area (TPSA) is 82.6 Å². The van der Waals surface area contributed by atoms with Gasteiger partial charge in [0.2, 0.25) is 0 Å². The molecule has 1 amide bonds. The van der Waals surface area contributed by atoms with E-state index in [9.17, 15) is 14.7 Å². The highest BCUT2D eigenvalue weighted by Crippen LogP contribution is 2.42. The number of hydrogen-bond donors (Lipinski definition) is 2. The molecule has 0 aliphatic carbocycles. The largest absolute Gasteiger partial charge is 0.507 e. The number of H-pyrrole nitrogens is 1. The number of carbonyl (C=O) groups excluding carboxylic acids is 2. The lowest BCUT2D eigenvalue weighted by Crippen LogP contribution is -2.31. The molecule has 4 aromatic rings. The van der Waals surface area contributed by atoms with E-state index in [0.29, 0.717) is 27.6 Å². The van der Waals surface area contributed by atoms with Gasteiger partial charge in [0.15, 0.2) is 0 Å². The van der Waals surface area contributed by atoms with E-state index in [1.807, 2.05) is 24.4 Å². The highest BCUT2D eigenvalue weighted by atomic mass is 79.9. The van der Waals surface area contributed by atoms with Crippen molar-refractivity contribution in [2.45, 2.75) is 12.5 Å². The molecule has 3 aromatic carbocycles. The Balaban J connectivity index is 1.58. The monoisotopic (exact) mass is 598 g/mol. The number of hydrogen-bond acceptors (Lipinski definition) is 4. The van der Waals surface area contributed by atoms with E-state index in [1.54, 1.807) is 49.6 Å². The predicted molar refractivity (Wildman–Crippen MR) is 148 cm³/mol. The Labute approximate surface area is 231 Å². The molecule has 1 unspecified atom stereocenters. The predicted octanol–water partition coefficient (Wildman–Crippen LogP) is 6.91. The minimum Gasteiger partial charge on any atom is -0.507 e. The van der Waals surface area contributed by atoms with Gasteiger partial charge in [0.05, 0.1) is 18.7 Å². The number of nitrogens with zero attached hydrogens (tertiary/aromatic N) is 1. The molecule has 188 valence electrons. The number of aromatic amines is 1. The molecule has 1 aliphatic heterocycles. The van der Waals surface area contributed by atoms with Crippen molar-refractivity contribution < 1.29 is 19.4 Å². The Kier molecular flexibility index (Phi) is 7.03. The first-order valence-corrected chi connectivity index (χ1v) is 13.0. The number of carbonyl (C=O) groups is 2. The number of fused-ring (bicyclic) bond motifs is 1. The second-order valence-corrected chi connectivity index (χ2v) is 10.4. The lowest BCUT2D eigenvalue weighted by molar-refractivity contribution is -0.139. The molecule has 6 nitrogen and oxygen atoms in total. The second kappa shape index (κ2) is 10.2. The van der Waals surface area contributed by atoms with Gasteiger partial charge in [-0.25, -0.2) is 0 Å². The summed E-state index contributed by atoms with van der Waals surface area (Å²) in [7, 11) is 1.61. The van der Waals surface area contributed by atoms with Gasteiger partial charge >= 0.3 is 0 Å². The Morgan fingerprint density at radius 3 is 2.54 bits per heavy atom. The lowest BCUT2D eigenvalue weighted by atomic mass is 9.95. The van der Waals surface area contributed by atoms with Crippen molar-refractivity contribution in [1.29, 1.82) is 0 Å². The summed E-state index contributed by atoms with van der Waals surface area (Å²) >= 11 is 16.1. The van der Waals surface area contributed by atoms with Crippen molar-refractivity contribution in [3.05, 3.63) is 104 Å². The summed E-state index contributed by atoms with van der Waals surface area (Å²) in [5.41, 5.74) is 2.80. The number of aromatic nitrogens is 1. The van der Waals surface area contributed by atoms with E-state index in [4.69, 9.17) is 27.9 Å². The van der Waals surface area contributed by atoms with Crippen molar-refractivity contribution in [3.8, 4) is 5.75 Å². The summed E-state index contributed by atoms with van der Waals surface area (Å²) in [6, 6.07) is 16.6. The summed E-state index contributed by atoms with van der Waals surface area (Å²) in [6.45, 7) is 0.218. The number of aliphatic hydroxyl groups is 1. The van der Waals surface area contributed by atoms with Crippen LogP contribution in [0.4, 0.5) is 0 Å². The maximum absolute atomic E-state index is 13.3. The molecule has 1 aromatic heterocycles. The third kappa shape index (κ3) is 4.75. The quantitative estimate of drug-likeness (QED) is 0.143. The molecular weight excluding hydrogens is 579 g/mol. The molecule has 0 spiro atoms. The molecule has 5 rings (SSSR count). The highest BCUT2D eigenvalue weighted by Gasteiger charge is 2.46. The molecule has 1 atom stereocenters. The average Bonchev–Trinajstić information content (AvgIpc) is 3.40. The van der Waals surface area contributed by atoms with Crippen LogP contribution in [0.2, 0.25) is 10.0 Å². The van der Waals surface area contributed by atoms with Gasteiger partial charge in [-0.2, -0.15) is 0 Å². The van der Waals surface area contributed by atoms with Crippen LogP contribution in [0.25, 0.3) is 16.7 Å². The number of benzene rings is 3. The smallest absolute Gasteiger partial charge is 0.295 e. The fourth-order valence-corrected chi connectivity index (χ4v) is 5.43. The molecule has 9 heteroatoms. The molecule has 2 heterocycles. The minimum absolute atomic E-state index is 0.0165. The van der Waals surface area contributed by atoms with Gasteiger partial charge < -0.3 is 19.7 Å². The first-order valence-electron chi connectivity index (χ1n) is 11.4. The van der Waals surface area contributed by atoms with E-state index in [2.05, 4.69) is 20.9 Å². The average molecular weight is 600 g/mol. The third-order valence-electron chi connectivity index (χ3n) is 6.51. The zero-order valence-corrected chi connectivity index (χ0v) is 22.7. The van der Waals surface area contributed by atoms with Crippen LogP contribution in [-0.2, 0) is 16.0 Å². The SMILES string of the molecule is COc1ccc2[nH]cc(CCN3C(=O)C(=O)/C(=C(\O)c4ccc(Br)cc4)C3c3ccc(Cl)cc3Cl)c2c1. The fourth-order valence-electron chi connectivity index (χ4n) is 4.65. The number of amides is 1. The number of likely N-dealkylation sites (tertiary alicyclic amines) is 1. The van der Waals surface area contributed by atoms with E-state index >= 15 is 0 Å².